The molecule has 1 aliphatic heterocycles. The Morgan fingerprint density at radius 1 is 1.19 bits per heavy atom. The van der Waals surface area contributed by atoms with Gasteiger partial charge in [0.1, 0.15) is 16.8 Å². The Balaban J connectivity index is 1.50. The van der Waals surface area contributed by atoms with Crippen molar-refractivity contribution in [3.63, 3.8) is 0 Å². The molecule has 2 aromatic carbocycles. The van der Waals surface area contributed by atoms with E-state index in [2.05, 4.69) is 44.2 Å². The van der Waals surface area contributed by atoms with Gasteiger partial charge in [0.2, 0.25) is 16.0 Å². The predicted octanol–water partition coefficient (Wildman–Crippen LogP) is 3.70. The summed E-state index contributed by atoms with van der Waals surface area (Å²) < 4.78 is 33.7. The van der Waals surface area contributed by atoms with Gasteiger partial charge in [0.15, 0.2) is 5.82 Å². The quantitative estimate of drug-likeness (QED) is 0.178. The number of aliphatic hydroxyl groups is 1. The van der Waals surface area contributed by atoms with Crippen LogP contribution >= 0.6 is 0 Å². The van der Waals surface area contributed by atoms with Gasteiger partial charge in [-0.05, 0) is 49.4 Å². The number of sulfonamides is 1. The van der Waals surface area contributed by atoms with Gasteiger partial charge in [-0.3, -0.25) is 0 Å². The van der Waals surface area contributed by atoms with E-state index in [1.54, 1.807) is 11.4 Å². The van der Waals surface area contributed by atoms with Crippen LogP contribution in [0.15, 0.2) is 42.5 Å². The third-order valence-corrected chi connectivity index (χ3v) is 9.47. The number of nitrogen functional groups attached to an aromatic ring is 1. The number of aromatic nitrogens is 3. The first kappa shape index (κ1) is 31.0. The highest BCUT2D eigenvalue weighted by Crippen LogP contribution is 2.35. The summed E-state index contributed by atoms with van der Waals surface area (Å²) in [6.45, 7) is 4.38. The number of para-hydroxylation sites is 1. The van der Waals surface area contributed by atoms with Crippen LogP contribution in [0.25, 0.3) is 21.9 Å². The summed E-state index contributed by atoms with van der Waals surface area (Å²) in [5.74, 6) is 1.61. The van der Waals surface area contributed by atoms with E-state index < -0.39 is 10.0 Å². The van der Waals surface area contributed by atoms with Crippen LogP contribution in [0, 0.1) is 0 Å². The third kappa shape index (κ3) is 7.04. The maximum Gasteiger partial charge on any atom is 0.222 e. The second kappa shape index (κ2) is 13.5. The summed E-state index contributed by atoms with van der Waals surface area (Å²) in [4.78, 5) is 9.29. The summed E-state index contributed by atoms with van der Waals surface area (Å²) in [5.41, 5.74) is 10.9. The highest BCUT2D eigenvalue weighted by atomic mass is 32.2. The lowest BCUT2D eigenvalue weighted by molar-refractivity contribution is 0.276. The molecule has 0 spiro atoms. The van der Waals surface area contributed by atoms with Crippen LogP contribution in [0.5, 0.6) is 5.75 Å². The lowest BCUT2D eigenvalue weighted by Gasteiger charge is -2.31. The molecule has 1 unspecified atom stereocenters. The largest absolute Gasteiger partial charge is 0.496 e. The van der Waals surface area contributed by atoms with Crippen molar-refractivity contribution in [2.45, 2.75) is 64.2 Å². The molecule has 0 radical (unpaired) electrons. The minimum absolute atomic E-state index is 0.0429. The minimum Gasteiger partial charge on any atom is -0.496 e. The van der Waals surface area contributed by atoms with Gasteiger partial charge in [-0.1, -0.05) is 37.6 Å². The molecule has 0 amide bonds. The minimum atomic E-state index is -3.20. The van der Waals surface area contributed by atoms with E-state index in [1.165, 1.54) is 6.26 Å². The maximum absolute atomic E-state index is 12.1. The molecule has 1 fully saturated rings. The first-order valence-corrected chi connectivity index (χ1v) is 16.8. The first-order chi connectivity index (χ1) is 20.7. The molecule has 0 bridgehead atoms. The zero-order valence-corrected chi connectivity index (χ0v) is 26.0. The maximum atomic E-state index is 12.1. The van der Waals surface area contributed by atoms with Gasteiger partial charge in [-0.15, -0.1) is 0 Å². The highest BCUT2D eigenvalue weighted by molar-refractivity contribution is 7.88. The summed E-state index contributed by atoms with van der Waals surface area (Å²) >= 11 is 0. The number of fused-ring (bicyclic) bond motifs is 3. The van der Waals surface area contributed by atoms with E-state index in [9.17, 15) is 13.5 Å². The molecule has 0 aliphatic carbocycles. The molecule has 232 valence electrons. The third-order valence-electron chi connectivity index (χ3n) is 8.20. The molecule has 5 N–H and O–H groups in total. The number of nitrogens with two attached hydrogens (primary N) is 1. The van der Waals surface area contributed by atoms with Gasteiger partial charge in [-0.2, -0.15) is 4.98 Å². The Labute approximate surface area is 253 Å². The number of nitrogens with one attached hydrogen (secondary N) is 2. The van der Waals surface area contributed by atoms with Crippen LogP contribution in [-0.4, -0.2) is 77.5 Å². The molecule has 5 rings (SSSR count). The van der Waals surface area contributed by atoms with E-state index in [-0.39, 0.29) is 24.6 Å². The standard InChI is InChI=1S/C31H43N7O4S/c1-4-8-23(14-16-39)34-30-29-28(35-31(32)36-30)25-10-5-6-11-26(25)38(29)19-22-17-21(12-13-27(22)42-2)18-33-24-9-7-15-37(20-24)43(3,40)41/h5-6,10-13,17,23-24,33,39H,4,7-9,14-16,18-20H2,1-3H3,(H3,32,34,35,36)/t23-,24?/m0/s1. The van der Waals surface area contributed by atoms with Crippen molar-refractivity contribution in [1.82, 2.24) is 24.2 Å². The van der Waals surface area contributed by atoms with Crippen molar-refractivity contribution in [2.24, 2.45) is 0 Å². The number of aliphatic hydroxyl groups excluding tert-OH is 1. The number of piperidine rings is 1. The number of rotatable bonds is 13. The van der Waals surface area contributed by atoms with Gasteiger partial charge in [-0.25, -0.2) is 17.7 Å². The number of benzene rings is 2. The van der Waals surface area contributed by atoms with Crippen LogP contribution in [-0.2, 0) is 23.1 Å². The lowest BCUT2D eigenvalue weighted by atomic mass is 10.1. The topological polar surface area (TPSA) is 148 Å². The molecule has 2 atom stereocenters. The van der Waals surface area contributed by atoms with Crippen LogP contribution < -0.4 is 21.1 Å². The smallest absolute Gasteiger partial charge is 0.222 e. The van der Waals surface area contributed by atoms with Gasteiger partial charge in [0.05, 0.1) is 25.4 Å². The Hall–Kier alpha value is -3.45. The molecule has 12 heteroatoms. The van der Waals surface area contributed by atoms with Crippen LogP contribution in [0.4, 0.5) is 11.8 Å². The first-order valence-electron chi connectivity index (χ1n) is 15.0. The molecular weight excluding hydrogens is 566 g/mol. The lowest BCUT2D eigenvalue weighted by Crippen LogP contribution is -2.47. The van der Waals surface area contributed by atoms with Gasteiger partial charge >= 0.3 is 0 Å². The summed E-state index contributed by atoms with van der Waals surface area (Å²) in [5, 5.41) is 17.8. The van der Waals surface area contributed by atoms with Crippen LogP contribution in [0.1, 0.15) is 50.2 Å². The van der Waals surface area contributed by atoms with E-state index in [0.29, 0.717) is 38.4 Å². The number of hydrogen-bond acceptors (Lipinski definition) is 9. The fourth-order valence-corrected chi connectivity index (χ4v) is 7.02. The van der Waals surface area contributed by atoms with Crippen molar-refractivity contribution in [1.29, 1.82) is 0 Å². The molecule has 1 saturated heterocycles. The fraction of sp³-hybridized carbons (Fsp3) is 0.484. The molecule has 2 aromatic heterocycles. The highest BCUT2D eigenvalue weighted by Gasteiger charge is 2.26. The molecule has 11 nitrogen and oxygen atoms in total. The summed E-state index contributed by atoms with van der Waals surface area (Å²) in [6, 6.07) is 14.4. The normalized spacial score (nSPS) is 17.0. The molecule has 43 heavy (non-hydrogen) atoms. The zero-order chi connectivity index (χ0) is 30.6. The van der Waals surface area contributed by atoms with Gasteiger partial charge in [0.25, 0.3) is 0 Å². The van der Waals surface area contributed by atoms with E-state index >= 15 is 0 Å². The molecule has 1 aliphatic rings. The van der Waals surface area contributed by atoms with E-state index in [4.69, 9.17) is 10.5 Å². The SMILES string of the molecule is CCC[C@@H](CCO)Nc1nc(N)nc2c3ccccc3n(Cc3cc(CNC4CCCN(S(C)(=O)=O)C4)ccc3OC)c12. The zero-order valence-electron chi connectivity index (χ0n) is 25.2. The number of hydrogen-bond donors (Lipinski definition) is 4. The van der Waals surface area contributed by atoms with Crippen LogP contribution in [0.3, 0.4) is 0 Å². The Bertz CT molecular complexity index is 1670. The van der Waals surface area contributed by atoms with Gasteiger partial charge < -0.3 is 30.8 Å². The molecule has 4 aromatic rings. The second-order valence-electron chi connectivity index (χ2n) is 11.4. The Kier molecular flexibility index (Phi) is 9.70. The Morgan fingerprint density at radius 3 is 2.74 bits per heavy atom. The van der Waals surface area contributed by atoms with Crippen molar-refractivity contribution < 1.29 is 18.3 Å². The number of anilines is 2. The molecule has 3 heterocycles. The van der Waals surface area contributed by atoms with Crippen molar-refractivity contribution >= 4 is 43.7 Å². The monoisotopic (exact) mass is 609 g/mol. The Morgan fingerprint density at radius 2 is 2.00 bits per heavy atom. The predicted molar refractivity (Wildman–Crippen MR) is 172 cm³/mol. The average molecular weight is 610 g/mol. The number of nitrogens with zero attached hydrogens (tertiary/aromatic N) is 4. The number of ether oxygens (including phenoxy) is 1. The van der Waals surface area contributed by atoms with Crippen molar-refractivity contribution in [3.05, 3.63) is 53.6 Å². The molecular formula is C31H43N7O4S. The van der Waals surface area contributed by atoms with Crippen LogP contribution in [0.2, 0.25) is 0 Å². The van der Waals surface area contributed by atoms with E-state index in [1.807, 2.05) is 30.3 Å². The summed E-state index contributed by atoms with van der Waals surface area (Å²) in [6.07, 6.45) is 5.51. The van der Waals surface area contributed by atoms with Crippen molar-refractivity contribution in [2.75, 3.05) is 44.1 Å². The second-order valence-corrected chi connectivity index (χ2v) is 13.3. The van der Waals surface area contributed by atoms with E-state index in [0.717, 1.165) is 64.5 Å². The van der Waals surface area contributed by atoms with Gasteiger partial charge in [0, 0.05) is 49.3 Å². The average Bonchev–Trinajstić information content (AvgIpc) is 3.29. The molecule has 0 saturated carbocycles. The fourth-order valence-electron chi connectivity index (χ4n) is 6.10. The number of methoxy groups -OCH3 is 1. The van der Waals surface area contributed by atoms with Crippen molar-refractivity contribution in [3.8, 4) is 5.75 Å². The summed E-state index contributed by atoms with van der Waals surface area (Å²) in [7, 11) is -1.53.